The Morgan fingerprint density at radius 3 is 2.83 bits per heavy atom. The van der Waals surface area contributed by atoms with Gasteiger partial charge in [-0.2, -0.15) is 5.10 Å². The number of aryl methyl sites for hydroxylation is 1. The van der Waals surface area contributed by atoms with Crippen LogP contribution in [0.3, 0.4) is 0 Å². The number of piperazine rings is 1. The third-order valence-electron chi connectivity index (χ3n) is 4.77. The summed E-state index contributed by atoms with van der Waals surface area (Å²) in [5, 5.41) is 4.08. The summed E-state index contributed by atoms with van der Waals surface area (Å²) in [6.45, 7) is 5.07. The summed E-state index contributed by atoms with van der Waals surface area (Å²) in [5.74, 6) is 1.11. The molecule has 0 unspecified atom stereocenters. The molecule has 0 N–H and O–H groups in total. The van der Waals surface area contributed by atoms with E-state index in [1.807, 2.05) is 11.9 Å². The van der Waals surface area contributed by atoms with Crippen LogP contribution in [0, 0.1) is 0 Å². The third-order valence-corrected chi connectivity index (χ3v) is 4.77. The van der Waals surface area contributed by atoms with E-state index in [4.69, 9.17) is 4.74 Å². The highest BCUT2D eigenvalue weighted by molar-refractivity contribution is 5.93. The Balaban J connectivity index is 1.34. The molecule has 1 aromatic carbocycles. The van der Waals surface area contributed by atoms with Gasteiger partial charge in [0.2, 0.25) is 0 Å². The number of benzene rings is 1. The van der Waals surface area contributed by atoms with E-state index in [2.05, 4.69) is 28.2 Å². The summed E-state index contributed by atoms with van der Waals surface area (Å²) in [6.07, 6.45) is 4.43. The van der Waals surface area contributed by atoms with Gasteiger partial charge in [-0.15, -0.1) is 0 Å². The van der Waals surface area contributed by atoms with E-state index >= 15 is 0 Å². The molecule has 0 spiro atoms. The highest BCUT2D eigenvalue weighted by atomic mass is 16.5. The van der Waals surface area contributed by atoms with Crippen LogP contribution in [0.4, 0.5) is 0 Å². The van der Waals surface area contributed by atoms with Crippen molar-refractivity contribution in [3.63, 3.8) is 0 Å². The maximum absolute atomic E-state index is 12.4. The number of hydrogen-bond acceptors (Lipinski definition) is 4. The lowest BCUT2D eigenvalue weighted by atomic mass is 10.1. The van der Waals surface area contributed by atoms with Crippen LogP contribution in [0.5, 0.6) is 5.75 Å². The number of nitrogens with zero attached hydrogens (tertiary/aromatic N) is 4. The normalized spacial score (nSPS) is 17.6. The number of hydrogen-bond donors (Lipinski definition) is 0. The molecule has 0 radical (unpaired) electrons. The van der Waals surface area contributed by atoms with Gasteiger partial charge < -0.3 is 9.64 Å². The second-order valence-electron chi connectivity index (χ2n) is 6.51. The van der Waals surface area contributed by atoms with Gasteiger partial charge in [0, 0.05) is 52.4 Å². The average molecular weight is 326 g/mol. The molecule has 126 valence electrons. The quantitative estimate of drug-likeness (QED) is 0.853. The van der Waals surface area contributed by atoms with Crippen molar-refractivity contribution in [2.75, 3.05) is 32.8 Å². The fourth-order valence-corrected chi connectivity index (χ4v) is 3.42. The van der Waals surface area contributed by atoms with Gasteiger partial charge in [-0.05, 0) is 17.2 Å². The Bertz CT molecular complexity index is 747. The van der Waals surface area contributed by atoms with E-state index in [0.717, 1.165) is 51.5 Å². The SMILES string of the molecule is Cn1cc(C(=O)N2CCN(Cc3ccc4c(c3)CCO4)CC2)cn1. The van der Waals surface area contributed by atoms with Crippen molar-refractivity contribution in [1.29, 1.82) is 0 Å². The Kier molecular flexibility index (Phi) is 3.98. The fraction of sp³-hybridized carbons (Fsp3) is 0.444. The molecule has 2 aliphatic rings. The van der Waals surface area contributed by atoms with Crippen molar-refractivity contribution in [3.05, 3.63) is 47.3 Å². The van der Waals surface area contributed by atoms with Gasteiger partial charge in [0.1, 0.15) is 5.75 Å². The summed E-state index contributed by atoms with van der Waals surface area (Å²) >= 11 is 0. The second kappa shape index (κ2) is 6.28. The lowest BCUT2D eigenvalue weighted by Crippen LogP contribution is -2.48. The number of rotatable bonds is 3. The van der Waals surface area contributed by atoms with Gasteiger partial charge in [-0.25, -0.2) is 0 Å². The Morgan fingerprint density at radius 1 is 1.25 bits per heavy atom. The molecule has 1 aromatic heterocycles. The summed E-state index contributed by atoms with van der Waals surface area (Å²) in [6, 6.07) is 6.49. The van der Waals surface area contributed by atoms with Crippen LogP contribution in [-0.4, -0.2) is 58.3 Å². The molecular weight excluding hydrogens is 304 g/mol. The van der Waals surface area contributed by atoms with E-state index < -0.39 is 0 Å². The van der Waals surface area contributed by atoms with Crippen LogP contribution in [0.1, 0.15) is 21.5 Å². The van der Waals surface area contributed by atoms with Gasteiger partial charge in [0.05, 0.1) is 18.4 Å². The Morgan fingerprint density at radius 2 is 2.08 bits per heavy atom. The minimum atomic E-state index is 0.0810. The van der Waals surface area contributed by atoms with E-state index in [-0.39, 0.29) is 5.91 Å². The van der Waals surface area contributed by atoms with Gasteiger partial charge in [-0.1, -0.05) is 12.1 Å². The first-order chi connectivity index (χ1) is 11.7. The van der Waals surface area contributed by atoms with Crippen LogP contribution >= 0.6 is 0 Å². The van der Waals surface area contributed by atoms with Crippen LogP contribution in [0.2, 0.25) is 0 Å². The molecule has 6 nitrogen and oxygen atoms in total. The lowest BCUT2D eigenvalue weighted by Gasteiger charge is -2.34. The van der Waals surface area contributed by atoms with Gasteiger partial charge >= 0.3 is 0 Å². The molecule has 4 rings (SSSR count). The van der Waals surface area contributed by atoms with E-state index in [1.54, 1.807) is 17.1 Å². The summed E-state index contributed by atoms with van der Waals surface area (Å²) < 4.78 is 7.23. The standard InChI is InChI=1S/C18H22N4O2/c1-20-13-16(11-19-20)18(23)22-7-5-21(6-8-22)12-14-2-3-17-15(10-14)4-9-24-17/h2-3,10-11,13H,4-9,12H2,1H3. The van der Waals surface area contributed by atoms with Crippen LogP contribution in [0.15, 0.2) is 30.6 Å². The first-order valence-corrected chi connectivity index (χ1v) is 8.44. The number of carbonyl (C=O) groups excluding carboxylic acids is 1. The molecule has 1 fully saturated rings. The molecule has 0 bridgehead atoms. The monoisotopic (exact) mass is 326 g/mol. The molecule has 1 amide bonds. The van der Waals surface area contributed by atoms with E-state index in [0.29, 0.717) is 5.56 Å². The lowest BCUT2D eigenvalue weighted by molar-refractivity contribution is 0.0628. The van der Waals surface area contributed by atoms with E-state index in [1.165, 1.54) is 11.1 Å². The van der Waals surface area contributed by atoms with E-state index in [9.17, 15) is 4.79 Å². The molecule has 0 saturated carbocycles. The average Bonchev–Trinajstić information content (AvgIpc) is 3.23. The Hall–Kier alpha value is -2.34. The zero-order chi connectivity index (χ0) is 16.5. The van der Waals surface area contributed by atoms with Crippen molar-refractivity contribution in [2.24, 2.45) is 7.05 Å². The fourth-order valence-electron chi connectivity index (χ4n) is 3.42. The van der Waals surface area contributed by atoms with Crippen molar-refractivity contribution in [3.8, 4) is 5.75 Å². The van der Waals surface area contributed by atoms with Crippen LogP contribution in [-0.2, 0) is 20.0 Å². The number of aromatic nitrogens is 2. The van der Waals surface area contributed by atoms with Crippen LogP contribution < -0.4 is 4.74 Å². The minimum Gasteiger partial charge on any atom is -0.493 e. The number of carbonyl (C=O) groups is 1. The summed E-state index contributed by atoms with van der Waals surface area (Å²) in [4.78, 5) is 16.8. The number of ether oxygens (including phenoxy) is 1. The summed E-state index contributed by atoms with van der Waals surface area (Å²) in [5.41, 5.74) is 3.31. The highest BCUT2D eigenvalue weighted by Gasteiger charge is 2.23. The number of fused-ring (bicyclic) bond motifs is 1. The minimum absolute atomic E-state index is 0.0810. The highest BCUT2D eigenvalue weighted by Crippen LogP contribution is 2.26. The smallest absolute Gasteiger partial charge is 0.257 e. The van der Waals surface area contributed by atoms with Crippen molar-refractivity contribution in [2.45, 2.75) is 13.0 Å². The summed E-state index contributed by atoms with van der Waals surface area (Å²) in [7, 11) is 1.83. The largest absolute Gasteiger partial charge is 0.493 e. The maximum Gasteiger partial charge on any atom is 0.257 e. The molecule has 0 atom stereocenters. The predicted octanol–water partition coefficient (Wildman–Crippen LogP) is 1.31. The molecule has 24 heavy (non-hydrogen) atoms. The van der Waals surface area contributed by atoms with Crippen molar-refractivity contribution >= 4 is 5.91 Å². The van der Waals surface area contributed by atoms with Crippen molar-refractivity contribution in [1.82, 2.24) is 19.6 Å². The molecule has 3 heterocycles. The first kappa shape index (κ1) is 15.2. The second-order valence-corrected chi connectivity index (χ2v) is 6.51. The zero-order valence-corrected chi connectivity index (χ0v) is 13.9. The van der Waals surface area contributed by atoms with Gasteiger partial charge in [0.25, 0.3) is 5.91 Å². The molecule has 6 heteroatoms. The molecule has 2 aromatic rings. The zero-order valence-electron chi connectivity index (χ0n) is 13.9. The first-order valence-electron chi connectivity index (χ1n) is 8.44. The molecule has 0 aliphatic carbocycles. The molecule has 2 aliphatic heterocycles. The maximum atomic E-state index is 12.4. The third kappa shape index (κ3) is 3.01. The van der Waals surface area contributed by atoms with Crippen LogP contribution in [0.25, 0.3) is 0 Å². The molecular formula is C18H22N4O2. The molecule has 1 saturated heterocycles. The number of amides is 1. The van der Waals surface area contributed by atoms with Gasteiger partial charge in [-0.3, -0.25) is 14.4 Å². The van der Waals surface area contributed by atoms with Crippen molar-refractivity contribution < 1.29 is 9.53 Å². The Labute approximate surface area is 141 Å². The van der Waals surface area contributed by atoms with Gasteiger partial charge in [0.15, 0.2) is 0 Å². The topological polar surface area (TPSA) is 50.6 Å². The predicted molar refractivity (Wildman–Crippen MR) is 90.0 cm³/mol.